The van der Waals surface area contributed by atoms with Crippen molar-refractivity contribution in [1.82, 2.24) is 0 Å². The lowest BCUT2D eigenvalue weighted by Crippen LogP contribution is -2.46. The Morgan fingerprint density at radius 1 is 1.43 bits per heavy atom. The predicted octanol–water partition coefficient (Wildman–Crippen LogP) is 1.28. The molecule has 21 heavy (non-hydrogen) atoms. The summed E-state index contributed by atoms with van der Waals surface area (Å²) in [6, 6.07) is 5.53. The Bertz CT molecular complexity index is 601. The number of nitrogens with two attached hydrogens (primary N) is 1. The quantitative estimate of drug-likeness (QED) is 0.778. The monoisotopic (exact) mass is 290 g/mol. The molecule has 1 aliphatic heterocycles. The summed E-state index contributed by atoms with van der Waals surface area (Å²) in [4.78, 5) is 22.4. The number of hydrogen-bond acceptors (Lipinski definition) is 4. The number of carboxylic acids is 1. The van der Waals surface area contributed by atoms with Gasteiger partial charge < -0.3 is 20.9 Å². The fourth-order valence-corrected chi connectivity index (χ4v) is 2.95. The standard InChI is InChI=1S/C15H18N2O4/c16-15(14(19)20)6-5-11(8-15)21-10-2-3-12-9(7-10)1-4-13(18)17-12/h2-3,7,11H,1,4-6,8,16H2,(H,17,18)(H,19,20). The zero-order chi connectivity index (χ0) is 15.0. The van der Waals surface area contributed by atoms with E-state index in [2.05, 4.69) is 5.32 Å². The van der Waals surface area contributed by atoms with Crippen molar-refractivity contribution < 1.29 is 19.4 Å². The summed E-state index contributed by atoms with van der Waals surface area (Å²) in [7, 11) is 0. The van der Waals surface area contributed by atoms with Gasteiger partial charge in [-0.15, -0.1) is 0 Å². The number of fused-ring (bicyclic) bond motifs is 1. The molecule has 2 unspecified atom stereocenters. The van der Waals surface area contributed by atoms with Gasteiger partial charge in [0.25, 0.3) is 0 Å². The predicted molar refractivity (Wildman–Crippen MR) is 76.2 cm³/mol. The zero-order valence-corrected chi connectivity index (χ0v) is 11.6. The number of anilines is 1. The number of ether oxygens (including phenoxy) is 1. The van der Waals surface area contributed by atoms with Crippen LogP contribution in [0.15, 0.2) is 18.2 Å². The van der Waals surface area contributed by atoms with Gasteiger partial charge in [-0.2, -0.15) is 0 Å². The molecule has 2 atom stereocenters. The van der Waals surface area contributed by atoms with E-state index in [1.807, 2.05) is 12.1 Å². The molecule has 0 saturated heterocycles. The van der Waals surface area contributed by atoms with E-state index in [1.165, 1.54) is 0 Å². The van der Waals surface area contributed by atoms with Crippen molar-refractivity contribution in [2.45, 2.75) is 43.7 Å². The van der Waals surface area contributed by atoms with Crippen LogP contribution >= 0.6 is 0 Å². The average Bonchev–Trinajstić information content (AvgIpc) is 2.82. The molecule has 1 saturated carbocycles. The zero-order valence-electron chi connectivity index (χ0n) is 11.6. The van der Waals surface area contributed by atoms with E-state index < -0.39 is 11.5 Å². The fourth-order valence-electron chi connectivity index (χ4n) is 2.95. The summed E-state index contributed by atoms with van der Waals surface area (Å²) in [5.74, 6) is -0.243. The van der Waals surface area contributed by atoms with E-state index >= 15 is 0 Å². The molecule has 1 aromatic carbocycles. The SMILES string of the molecule is NC1(C(=O)O)CCC(Oc2ccc3c(c2)CCC(=O)N3)C1. The first-order chi connectivity index (χ1) is 9.96. The first-order valence-electron chi connectivity index (χ1n) is 7.08. The van der Waals surface area contributed by atoms with Gasteiger partial charge in [0.05, 0.1) is 0 Å². The maximum absolute atomic E-state index is 11.3. The molecule has 3 rings (SSSR count). The number of rotatable bonds is 3. The van der Waals surface area contributed by atoms with Gasteiger partial charge in [-0.1, -0.05) is 0 Å². The number of benzene rings is 1. The highest BCUT2D eigenvalue weighted by Crippen LogP contribution is 2.33. The summed E-state index contributed by atoms with van der Waals surface area (Å²) in [5.41, 5.74) is 6.54. The minimum Gasteiger partial charge on any atom is -0.490 e. The Morgan fingerprint density at radius 3 is 2.95 bits per heavy atom. The molecule has 1 aliphatic carbocycles. The molecule has 0 radical (unpaired) electrons. The second-order valence-electron chi connectivity index (χ2n) is 5.81. The van der Waals surface area contributed by atoms with Crippen LogP contribution in [0.1, 0.15) is 31.2 Å². The fraction of sp³-hybridized carbons (Fsp3) is 0.467. The molecule has 0 bridgehead atoms. The lowest BCUT2D eigenvalue weighted by atomic mass is 10.00. The molecule has 112 valence electrons. The molecule has 0 aromatic heterocycles. The van der Waals surface area contributed by atoms with E-state index in [1.54, 1.807) is 6.07 Å². The van der Waals surface area contributed by atoms with Crippen LogP contribution in [0, 0.1) is 0 Å². The van der Waals surface area contributed by atoms with Gasteiger partial charge >= 0.3 is 5.97 Å². The summed E-state index contributed by atoms with van der Waals surface area (Å²) in [6.07, 6.45) is 2.37. The maximum atomic E-state index is 11.3. The number of carbonyl (C=O) groups is 2. The number of carboxylic acid groups (broad SMARTS) is 1. The lowest BCUT2D eigenvalue weighted by molar-refractivity contribution is -0.143. The minimum absolute atomic E-state index is 0.0290. The first kappa shape index (κ1) is 13.9. The smallest absolute Gasteiger partial charge is 0.323 e. The second kappa shape index (κ2) is 5.04. The van der Waals surface area contributed by atoms with Crippen molar-refractivity contribution >= 4 is 17.6 Å². The van der Waals surface area contributed by atoms with Crippen LogP contribution in [0.2, 0.25) is 0 Å². The number of amides is 1. The van der Waals surface area contributed by atoms with Gasteiger partial charge in [0.2, 0.25) is 5.91 Å². The molecule has 1 heterocycles. The van der Waals surface area contributed by atoms with Gasteiger partial charge in [0, 0.05) is 18.5 Å². The third-order valence-electron chi connectivity index (χ3n) is 4.21. The van der Waals surface area contributed by atoms with Gasteiger partial charge in [-0.05, 0) is 43.0 Å². The molecule has 1 fully saturated rings. The number of aryl methyl sites for hydroxylation is 1. The molecule has 0 spiro atoms. The third-order valence-corrected chi connectivity index (χ3v) is 4.21. The number of aliphatic carboxylic acids is 1. The van der Waals surface area contributed by atoms with Gasteiger partial charge in [-0.3, -0.25) is 9.59 Å². The number of nitrogens with one attached hydrogen (secondary N) is 1. The van der Waals surface area contributed by atoms with E-state index in [9.17, 15) is 9.59 Å². The molecule has 6 nitrogen and oxygen atoms in total. The highest BCUT2D eigenvalue weighted by atomic mass is 16.5. The summed E-state index contributed by atoms with van der Waals surface area (Å²) in [6.45, 7) is 0. The number of hydrogen-bond donors (Lipinski definition) is 3. The van der Waals surface area contributed by atoms with Crippen LogP contribution in [0.4, 0.5) is 5.69 Å². The topological polar surface area (TPSA) is 102 Å². The van der Waals surface area contributed by atoms with Crippen LogP contribution in [-0.4, -0.2) is 28.6 Å². The largest absolute Gasteiger partial charge is 0.490 e. The van der Waals surface area contributed by atoms with Gasteiger partial charge in [-0.25, -0.2) is 0 Å². The minimum atomic E-state index is -1.17. The van der Waals surface area contributed by atoms with Crippen molar-refractivity contribution in [3.63, 3.8) is 0 Å². The van der Waals surface area contributed by atoms with E-state index in [4.69, 9.17) is 15.6 Å². The Hall–Kier alpha value is -2.08. The normalized spacial score (nSPS) is 27.9. The summed E-state index contributed by atoms with van der Waals surface area (Å²) < 4.78 is 5.86. The van der Waals surface area contributed by atoms with Crippen LogP contribution < -0.4 is 15.8 Å². The number of carbonyl (C=O) groups excluding carboxylic acids is 1. The van der Waals surface area contributed by atoms with Crippen LogP contribution in [0.3, 0.4) is 0 Å². The Morgan fingerprint density at radius 2 is 2.24 bits per heavy atom. The lowest BCUT2D eigenvalue weighted by Gasteiger charge is -2.21. The summed E-state index contributed by atoms with van der Waals surface area (Å²) >= 11 is 0. The van der Waals surface area contributed by atoms with Crippen molar-refractivity contribution in [1.29, 1.82) is 0 Å². The van der Waals surface area contributed by atoms with Crippen molar-refractivity contribution in [2.75, 3.05) is 5.32 Å². The van der Waals surface area contributed by atoms with Crippen molar-refractivity contribution in [3.8, 4) is 5.75 Å². The van der Waals surface area contributed by atoms with Gasteiger partial charge in [0.15, 0.2) is 0 Å². The highest BCUT2D eigenvalue weighted by molar-refractivity contribution is 5.94. The molecule has 2 aliphatic rings. The van der Waals surface area contributed by atoms with E-state index in [0.29, 0.717) is 37.9 Å². The van der Waals surface area contributed by atoms with Crippen LogP contribution in [0.25, 0.3) is 0 Å². The molecule has 4 N–H and O–H groups in total. The van der Waals surface area contributed by atoms with Crippen LogP contribution in [-0.2, 0) is 16.0 Å². The molecule has 1 amide bonds. The Balaban J connectivity index is 1.69. The average molecular weight is 290 g/mol. The van der Waals surface area contributed by atoms with E-state index in [-0.39, 0.29) is 12.0 Å². The van der Waals surface area contributed by atoms with E-state index in [0.717, 1.165) is 11.3 Å². The Labute approximate surface area is 122 Å². The third kappa shape index (κ3) is 2.71. The maximum Gasteiger partial charge on any atom is 0.323 e. The van der Waals surface area contributed by atoms with Crippen molar-refractivity contribution in [2.24, 2.45) is 5.73 Å². The van der Waals surface area contributed by atoms with Crippen molar-refractivity contribution in [3.05, 3.63) is 23.8 Å². The first-order valence-corrected chi connectivity index (χ1v) is 7.08. The highest BCUT2D eigenvalue weighted by Gasteiger charge is 2.43. The second-order valence-corrected chi connectivity index (χ2v) is 5.81. The Kier molecular flexibility index (Phi) is 3.33. The van der Waals surface area contributed by atoms with Crippen LogP contribution in [0.5, 0.6) is 5.75 Å². The molecular weight excluding hydrogens is 272 g/mol. The molecular formula is C15H18N2O4. The van der Waals surface area contributed by atoms with Gasteiger partial charge in [0.1, 0.15) is 17.4 Å². The molecule has 6 heteroatoms. The molecule has 1 aromatic rings. The summed E-state index contributed by atoms with van der Waals surface area (Å²) in [5, 5.41) is 11.9.